The van der Waals surface area contributed by atoms with Crippen molar-refractivity contribution in [3.05, 3.63) is 16.1 Å². The highest BCUT2D eigenvalue weighted by atomic mass is 32.1. The number of hydrogen-bond acceptors (Lipinski definition) is 5. The van der Waals surface area contributed by atoms with Gasteiger partial charge < -0.3 is 14.8 Å². The minimum absolute atomic E-state index is 0.146. The molecule has 2 atom stereocenters. The molecule has 1 aromatic heterocycles. The molecule has 0 saturated carbocycles. The van der Waals surface area contributed by atoms with Gasteiger partial charge in [0.15, 0.2) is 0 Å². The van der Waals surface area contributed by atoms with Crippen LogP contribution in [0.25, 0.3) is 0 Å². The summed E-state index contributed by atoms with van der Waals surface area (Å²) in [6.07, 6.45) is 2.19. The summed E-state index contributed by atoms with van der Waals surface area (Å²) in [4.78, 5) is 4.54. The first-order valence-electron chi connectivity index (χ1n) is 6.63. The fourth-order valence-corrected chi connectivity index (χ4v) is 2.76. The van der Waals surface area contributed by atoms with E-state index in [0.29, 0.717) is 25.9 Å². The number of hydrogen-bond donors (Lipinski definition) is 1. The molecule has 1 saturated heterocycles. The predicted octanol–water partition coefficient (Wildman–Crippen LogP) is 1.78. The van der Waals surface area contributed by atoms with E-state index in [9.17, 15) is 0 Å². The lowest BCUT2D eigenvalue weighted by molar-refractivity contribution is -0.101. The average molecular weight is 270 g/mol. The quantitative estimate of drug-likeness (QED) is 0.855. The molecule has 0 aliphatic carbocycles. The van der Waals surface area contributed by atoms with Crippen LogP contribution in [0.2, 0.25) is 0 Å². The Hall–Kier alpha value is -0.490. The van der Waals surface area contributed by atoms with Gasteiger partial charge >= 0.3 is 0 Å². The van der Waals surface area contributed by atoms with Crippen LogP contribution in [0, 0.1) is 6.92 Å². The zero-order chi connectivity index (χ0) is 12.8. The van der Waals surface area contributed by atoms with Crippen molar-refractivity contribution in [1.82, 2.24) is 10.3 Å². The molecule has 1 aliphatic heterocycles. The fraction of sp³-hybridized carbons (Fsp3) is 0.769. The van der Waals surface area contributed by atoms with Gasteiger partial charge in [-0.3, -0.25) is 0 Å². The molecule has 0 spiro atoms. The molecule has 0 amide bonds. The monoisotopic (exact) mass is 270 g/mol. The Labute approximate surface area is 113 Å². The van der Waals surface area contributed by atoms with Crippen LogP contribution < -0.4 is 5.32 Å². The number of rotatable bonds is 6. The molecule has 1 N–H and O–H groups in total. The first kappa shape index (κ1) is 13.9. The molecular formula is C13H22N2O2S. The van der Waals surface area contributed by atoms with Gasteiger partial charge in [0.05, 0.1) is 36.6 Å². The Morgan fingerprint density at radius 2 is 2.44 bits per heavy atom. The van der Waals surface area contributed by atoms with Gasteiger partial charge in [-0.15, -0.1) is 11.3 Å². The van der Waals surface area contributed by atoms with Gasteiger partial charge in [0.1, 0.15) is 0 Å². The molecule has 1 aromatic rings. The SMILES string of the molecule is CCCNC(Cc1csc(C)n1)C1COCCO1. The molecule has 18 heavy (non-hydrogen) atoms. The van der Waals surface area contributed by atoms with E-state index in [-0.39, 0.29) is 6.10 Å². The maximum absolute atomic E-state index is 5.80. The average Bonchev–Trinajstić information content (AvgIpc) is 2.81. The lowest BCUT2D eigenvalue weighted by atomic mass is 10.1. The summed E-state index contributed by atoms with van der Waals surface area (Å²) < 4.78 is 11.3. The Morgan fingerprint density at radius 3 is 3.06 bits per heavy atom. The van der Waals surface area contributed by atoms with E-state index >= 15 is 0 Å². The van der Waals surface area contributed by atoms with E-state index in [1.54, 1.807) is 11.3 Å². The van der Waals surface area contributed by atoms with Crippen LogP contribution in [-0.4, -0.2) is 43.5 Å². The van der Waals surface area contributed by atoms with Crippen LogP contribution >= 0.6 is 11.3 Å². The fourth-order valence-electron chi connectivity index (χ4n) is 2.13. The molecule has 2 rings (SSSR count). The second kappa shape index (κ2) is 7.19. The second-order valence-electron chi connectivity index (χ2n) is 4.61. The summed E-state index contributed by atoms with van der Waals surface area (Å²) in [5.41, 5.74) is 1.15. The minimum atomic E-state index is 0.146. The third-order valence-electron chi connectivity index (χ3n) is 3.04. The first-order chi connectivity index (χ1) is 8.79. The van der Waals surface area contributed by atoms with Gasteiger partial charge in [-0.2, -0.15) is 0 Å². The van der Waals surface area contributed by atoms with Crippen molar-refractivity contribution in [2.45, 2.75) is 38.8 Å². The van der Waals surface area contributed by atoms with Gasteiger partial charge in [0.25, 0.3) is 0 Å². The van der Waals surface area contributed by atoms with Crippen LogP contribution in [-0.2, 0) is 15.9 Å². The summed E-state index contributed by atoms with van der Waals surface area (Å²) in [5.74, 6) is 0. The van der Waals surface area contributed by atoms with E-state index in [2.05, 4.69) is 22.6 Å². The van der Waals surface area contributed by atoms with Crippen LogP contribution in [0.15, 0.2) is 5.38 Å². The summed E-state index contributed by atoms with van der Waals surface area (Å²) in [5, 5.41) is 6.82. The van der Waals surface area contributed by atoms with Crippen molar-refractivity contribution in [3.63, 3.8) is 0 Å². The van der Waals surface area contributed by atoms with Crippen LogP contribution in [0.5, 0.6) is 0 Å². The standard InChI is InChI=1S/C13H22N2O2S/c1-3-4-14-12(13-8-16-5-6-17-13)7-11-9-18-10(2)15-11/h9,12-14H,3-8H2,1-2H3. The molecule has 0 radical (unpaired) electrons. The molecule has 1 fully saturated rings. The van der Waals surface area contributed by atoms with Crippen molar-refractivity contribution in [3.8, 4) is 0 Å². The molecule has 0 aromatic carbocycles. The van der Waals surface area contributed by atoms with Crippen LogP contribution in [0.4, 0.5) is 0 Å². The van der Waals surface area contributed by atoms with E-state index in [0.717, 1.165) is 30.1 Å². The maximum Gasteiger partial charge on any atom is 0.0965 e. The maximum atomic E-state index is 5.80. The number of ether oxygens (including phenoxy) is 2. The molecule has 102 valence electrons. The Bertz CT molecular complexity index is 351. The Morgan fingerprint density at radius 1 is 1.56 bits per heavy atom. The van der Waals surface area contributed by atoms with Crippen LogP contribution in [0.3, 0.4) is 0 Å². The zero-order valence-electron chi connectivity index (χ0n) is 11.1. The minimum Gasteiger partial charge on any atom is -0.376 e. The molecule has 5 heteroatoms. The van der Waals surface area contributed by atoms with Gasteiger partial charge in [-0.25, -0.2) is 4.98 Å². The highest BCUT2D eigenvalue weighted by Crippen LogP contribution is 2.14. The summed E-state index contributed by atoms with van der Waals surface area (Å²) >= 11 is 1.71. The molecule has 4 nitrogen and oxygen atoms in total. The first-order valence-corrected chi connectivity index (χ1v) is 7.51. The van der Waals surface area contributed by atoms with Gasteiger partial charge in [-0.1, -0.05) is 6.92 Å². The molecular weight excluding hydrogens is 248 g/mol. The Kier molecular flexibility index (Phi) is 5.56. The van der Waals surface area contributed by atoms with Crippen molar-refractivity contribution < 1.29 is 9.47 Å². The summed E-state index contributed by atoms with van der Waals surface area (Å²) in [6, 6.07) is 0.298. The van der Waals surface area contributed by atoms with Crippen molar-refractivity contribution in [1.29, 1.82) is 0 Å². The van der Waals surface area contributed by atoms with E-state index in [1.165, 1.54) is 0 Å². The number of nitrogens with zero attached hydrogens (tertiary/aromatic N) is 1. The van der Waals surface area contributed by atoms with Crippen LogP contribution in [0.1, 0.15) is 24.0 Å². The third-order valence-corrected chi connectivity index (χ3v) is 3.86. The second-order valence-corrected chi connectivity index (χ2v) is 5.67. The van der Waals surface area contributed by atoms with Crippen molar-refractivity contribution >= 4 is 11.3 Å². The summed E-state index contributed by atoms with van der Waals surface area (Å²) in [6.45, 7) is 7.33. The van der Waals surface area contributed by atoms with Crippen molar-refractivity contribution in [2.75, 3.05) is 26.4 Å². The third kappa shape index (κ3) is 4.02. The lowest BCUT2D eigenvalue weighted by Crippen LogP contribution is -2.48. The predicted molar refractivity (Wildman–Crippen MR) is 73.2 cm³/mol. The number of aromatic nitrogens is 1. The van der Waals surface area contributed by atoms with Gasteiger partial charge in [0, 0.05) is 17.8 Å². The highest BCUT2D eigenvalue weighted by molar-refractivity contribution is 7.09. The largest absolute Gasteiger partial charge is 0.376 e. The topological polar surface area (TPSA) is 43.4 Å². The lowest BCUT2D eigenvalue weighted by Gasteiger charge is -2.30. The normalized spacial score (nSPS) is 22.0. The van der Waals surface area contributed by atoms with Gasteiger partial charge in [-0.05, 0) is 19.9 Å². The number of aryl methyl sites for hydroxylation is 1. The van der Waals surface area contributed by atoms with E-state index < -0.39 is 0 Å². The zero-order valence-corrected chi connectivity index (χ0v) is 12.0. The Balaban J connectivity index is 1.94. The number of nitrogens with one attached hydrogen (secondary N) is 1. The van der Waals surface area contributed by atoms with E-state index in [4.69, 9.17) is 9.47 Å². The van der Waals surface area contributed by atoms with Gasteiger partial charge in [0.2, 0.25) is 0 Å². The molecule has 2 heterocycles. The highest BCUT2D eigenvalue weighted by Gasteiger charge is 2.25. The van der Waals surface area contributed by atoms with E-state index in [1.807, 2.05) is 6.92 Å². The molecule has 0 bridgehead atoms. The van der Waals surface area contributed by atoms with Crippen molar-refractivity contribution in [2.24, 2.45) is 0 Å². The number of thiazole rings is 1. The molecule has 2 unspecified atom stereocenters. The summed E-state index contributed by atoms with van der Waals surface area (Å²) in [7, 11) is 0. The smallest absolute Gasteiger partial charge is 0.0965 e. The molecule has 1 aliphatic rings.